The van der Waals surface area contributed by atoms with E-state index in [4.69, 9.17) is 14.2 Å². The van der Waals surface area contributed by atoms with E-state index in [-0.39, 0.29) is 31.1 Å². The third kappa shape index (κ3) is 56.5. The molecule has 6 heteroatoms. The maximum atomic E-state index is 12.9. The molecule has 0 aromatic heterocycles. The molecule has 0 bridgehead atoms. The Morgan fingerprint density at radius 3 is 0.861 bits per heavy atom. The second-order valence-corrected chi connectivity index (χ2v) is 18.8. The summed E-state index contributed by atoms with van der Waals surface area (Å²) in [6.07, 6.45) is 83.0. The fraction of sp³-hybridized carbons (Fsp3) is 0.621. The fourth-order valence-electron chi connectivity index (χ4n) is 7.59. The Morgan fingerprint density at radius 2 is 0.542 bits per heavy atom. The number of esters is 3. The van der Waals surface area contributed by atoms with Gasteiger partial charge in [-0.2, -0.15) is 0 Å². The van der Waals surface area contributed by atoms with Crippen LogP contribution in [0.5, 0.6) is 0 Å². The zero-order valence-corrected chi connectivity index (χ0v) is 46.4. The lowest BCUT2D eigenvalue weighted by atomic mass is 10.1. The van der Waals surface area contributed by atoms with Crippen molar-refractivity contribution in [2.24, 2.45) is 0 Å². The van der Waals surface area contributed by atoms with E-state index in [1.807, 2.05) is 0 Å². The minimum atomic E-state index is -0.803. The molecule has 0 aliphatic rings. The number of rotatable bonds is 51. The molecule has 0 spiro atoms. The van der Waals surface area contributed by atoms with Gasteiger partial charge in [-0.25, -0.2) is 0 Å². The van der Waals surface area contributed by atoms with Crippen molar-refractivity contribution in [3.63, 3.8) is 0 Å². The molecule has 0 saturated carbocycles. The van der Waals surface area contributed by atoms with E-state index in [0.717, 1.165) is 148 Å². The molecule has 1 unspecified atom stereocenters. The first-order valence-corrected chi connectivity index (χ1v) is 29.2. The predicted octanol–water partition coefficient (Wildman–Crippen LogP) is 19.8. The maximum absolute atomic E-state index is 12.9. The van der Waals surface area contributed by atoms with E-state index < -0.39 is 6.10 Å². The van der Waals surface area contributed by atoms with Crippen LogP contribution in [0.3, 0.4) is 0 Å². The first-order chi connectivity index (χ1) is 35.5. The average molecular weight is 996 g/mol. The maximum Gasteiger partial charge on any atom is 0.306 e. The Balaban J connectivity index is 4.42. The Labute approximate surface area is 443 Å². The minimum Gasteiger partial charge on any atom is -0.462 e. The molecule has 0 aliphatic carbocycles. The first-order valence-electron chi connectivity index (χ1n) is 29.2. The molecule has 0 aromatic carbocycles. The molecule has 406 valence electrons. The second kappa shape index (κ2) is 59.1. The SMILES string of the molecule is CC/C=C\C/C=C\C/C=C\C/C=C\C/C=C\C/C=C\C/C=C\CCCCCC(=O)OCC(COC(=O)CCCCCCCCCCCC)OC(=O)CCCCCCCC/C=C\C/C=C\C/C=C\C/C=C\CC. The van der Waals surface area contributed by atoms with Gasteiger partial charge >= 0.3 is 17.9 Å². The Hall–Kier alpha value is -4.45. The summed E-state index contributed by atoms with van der Waals surface area (Å²) in [7, 11) is 0. The van der Waals surface area contributed by atoms with Crippen molar-refractivity contribution in [2.75, 3.05) is 13.2 Å². The summed E-state index contributed by atoms with van der Waals surface area (Å²) in [4.78, 5) is 38.1. The number of carbonyl (C=O) groups excluding carboxylic acids is 3. The van der Waals surface area contributed by atoms with E-state index in [1.165, 1.54) is 57.8 Å². The van der Waals surface area contributed by atoms with Gasteiger partial charge in [-0.15, -0.1) is 0 Å². The molecule has 6 nitrogen and oxygen atoms in total. The smallest absolute Gasteiger partial charge is 0.306 e. The summed E-state index contributed by atoms with van der Waals surface area (Å²) in [5.41, 5.74) is 0. The Kier molecular flexibility index (Phi) is 55.5. The molecule has 0 fully saturated rings. The Morgan fingerprint density at radius 1 is 0.292 bits per heavy atom. The van der Waals surface area contributed by atoms with Crippen LogP contribution in [0, 0.1) is 0 Å². The van der Waals surface area contributed by atoms with Crippen LogP contribution in [0.15, 0.2) is 134 Å². The molecular weight excluding hydrogens is 889 g/mol. The highest BCUT2D eigenvalue weighted by Crippen LogP contribution is 2.14. The summed E-state index contributed by atoms with van der Waals surface area (Å²) >= 11 is 0. The van der Waals surface area contributed by atoms with E-state index in [9.17, 15) is 14.4 Å². The second-order valence-electron chi connectivity index (χ2n) is 18.8. The quantitative estimate of drug-likeness (QED) is 0.0261. The molecule has 0 aliphatic heterocycles. The fourth-order valence-corrected chi connectivity index (χ4v) is 7.59. The van der Waals surface area contributed by atoms with Crippen LogP contribution in [0.4, 0.5) is 0 Å². The lowest BCUT2D eigenvalue weighted by Gasteiger charge is -2.18. The molecule has 0 amide bonds. The van der Waals surface area contributed by atoms with Gasteiger partial charge in [0.05, 0.1) is 0 Å². The predicted molar refractivity (Wildman–Crippen MR) is 311 cm³/mol. The molecule has 0 radical (unpaired) electrons. The van der Waals surface area contributed by atoms with Crippen LogP contribution in [0.1, 0.15) is 245 Å². The van der Waals surface area contributed by atoms with Gasteiger partial charge in [-0.3, -0.25) is 14.4 Å². The molecule has 0 aromatic rings. The topological polar surface area (TPSA) is 78.9 Å². The highest BCUT2D eigenvalue weighted by Gasteiger charge is 2.19. The molecule has 0 rings (SSSR count). The van der Waals surface area contributed by atoms with E-state index in [1.54, 1.807) is 0 Å². The molecule has 1 atom stereocenters. The lowest BCUT2D eigenvalue weighted by Crippen LogP contribution is -2.30. The van der Waals surface area contributed by atoms with Gasteiger partial charge in [0.25, 0.3) is 0 Å². The number of unbranched alkanes of at least 4 members (excludes halogenated alkanes) is 18. The highest BCUT2D eigenvalue weighted by molar-refractivity contribution is 5.71. The standard InChI is InChI=1S/C66H106O6/c1-4-7-10-13-16-19-22-24-26-28-30-31-32-33-34-35-37-38-40-42-44-47-50-53-56-59-65(68)71-62-63(61-70-64(67)58-55-52-49-46-21-18-15-12-9-6-3)72-66(69)60-57-54-51-48-45-43-41-39-36-29-27-25-23-20-17-14-11-8-5-2/h7-8,10-11,16-17,19-20,24-27,30-31,33-34,36-39,42,44,63H,4-6,9,12-15,18,21-23,28-29,32,35,40-41,43,45-62H2,1-3H3/b10-7-,11-8-,19-16-,20-17-,26-24-,27-25-,31-30-,34-33-,38-37-,39-36-,44-42-. The van der Waals surface area contributed by atoms with Crippen molar-refractivity contribution in [3.05, 3.63) is 134 Å². The lowest BCUT2D eigenvalue weighted by molar-refractivity contribution is -0.167. The zero-order valence-electron chi connectivity index (χ0n) is 46.4. The largest absolute Gasteiger partial charge is 0.462 e. The minimum absolute atomic E-state index is 0.0974. The van der Waals surface area contributed by atoms with E-state index in [0.29, 0.717) is 19.3 Å². The molecule has 0 N–H and O–H groups in total. The summed E-state index contributed by atoms with van der Waals surface area (Å²) in [6, 6.07) is 0. The summed E-state index contributed by atoms with van der Waals surface area (Å²) in [5, 5.41) is 0. The van der Waals surface area contributed by atoms with Crippen LogP contribution in [0.25, 0.3) is 0 Å². The van der Waals surface area contributed by atoms with Gasteiger partial charge in [-0.1, -0.05) is 244 Å². The van der Waals surface area contributed by atoms with Crippen molar-refractivity contribution in [1.82, 2.24) is 0 Å². The van der Waals surface area contributed by atoms with Crippen LogP contribution in [-0.2, 0) is 28.6 Å². The zero-order chi connectivity index (χ0) is 52.2. The molecule has 0 heterocycles. The molecular formula is C66H106O6. The highest BCUT2D eigenvalue weighted by atomic mass is 16.6. The van der Waals surface area contributed by atoms with Gasteiger partial charge in [-0.05, 0) is 116 Å². The van der Waals surface area contributed by atoms with Crippen molar-refractivity contribution >= 4 is 17.9 Å². The van der Waals surface area contributed by atoms with Gasteiger partial charge in [0.2, 0.25) is 0 Å². The monoisotopic (exact) mass is 995 g/mol. The van der Waals surface area contributed by atoms with Crippen LogP contribution in [-0.4, -0.2) is 37.2 Å². The van der Waals surface area contributed by atoms with Gasteiger partial charge in [0.15, 0.2) is 6.10 Å². The van der Waals surface area contributed by atoms with Crippen molar-refractivity contribution in [3.8, 4) is 0 Å². The summed E-state index contributed by atoms with van der Waals surface area (Å²) in [6.45, 7) is 6.35. The van der Waals surface area contributed by atoms with Gasteiger partial charge in [0, 0.05) is 19.3 Å². The number of allylic oxidation sites excluding steroid dienone is 22. The third-order valence-electron chi connectivity index (χ3n) is 11.9. The van der Waals surface area contributed by atoms with Crippen molar-refractivity contribution in [1.29, 1.82) is 0 Å². The summed E-state index contributed by atoms with van der Waals surface area (Å²) < 4.78 is 16.8. The Bertz CT molecular complexity index is 1560. The van der Waals surface area contributed by atoms with Crippen LogP contribution in [0.2, 0.25) is 0 Å². The number of hydrogen-bond acceptors (Lipinski definition) is 6. The van der Waals surface area contributed by atoms with Gasteiger partial charge in [0.1, 0.15) is 13.2 Å². The molecule has 0 saturated heterocycles. The molecule has 72 heavy (non-hydrogen) atoms. The van der Waals surface area contributed by atoms with E-state index in [2.05, 4.69) is 154 Å². The van der Waals surface area contributed by atoms with Crippen LogP contribution >= 0.6 is 0 Å². The van der Waals surface area contributed by atoms with Crippen LogP contribution < -0.4 is 0 Å². The third-order valence-corrected chi connectivity index (χ3v) is 11.9. The normalized spacial score (nSPS) is 13.1. The summed E-state index contributed by atoms with van der Waals surface area (Å²) in [5.74, 6) is -0.951. The average Bonchev–Trinajstić information content (AvgIpc) is 3.38. The van der Waals surface area contributed by atoms with E-state index >= 15 is 0 Å². The van der Waals surface area contributed by atoms with Gasteiger partial charge < -0.3 is 14.2 Å². The number of ether oxygens (including phenoxy) is 3. The van der Waals surface area contributed by atoms with Crippen molar-refractivity contribution < 1.29 is 28.6 Å². The first kappa shape index (κ1) is 67.5. The number of carbonyl (C=O) groups is 3. The van der Waals surface area contributed by atoms with Crippen molar-refractivity contribution in [2.45, 2.75) is 252 Å². The number of hydrogen-bond donors (Lipinski definition) is 0.